The first-order valence-corrected chi connectivity index (χ1v) is 8.14. The number of benzene rings is 2. The lowest BCUT2D eigenvalue weighted by molar-refractivity contribution is 0.0952. The van der Waals surface area contributed by atoms with Gasteiger partial charge >= 0.3 is 6.09 Å². The van der Waals surface area contributed by atoms with Gasteiger partial charge in [-0.25, -0.2) is 10.2 Å². The van der Waals surface area contributed by atoms with Crippen LogP contribution in [0.4, 0.5) is 10.5 Å². The average Bonchev–Trinajstić information content (AvgIpc) is 3.05. The Kier molecular flexibility index (Phi) is 4.88. The lowest BCUT2D eigenvalue weighted by atomic mass is 10.1. The van der Waals surface area contributed by atoms with Crippen LogP contribution < -0.4 is 10.3 Å². The van der Waals surface area contributed by atoms with E-state index in [1.54, 1.807) is 30.0 Å². The Labute approximate surface area is 150 Å². The Balaban J connectivity index is 1.75. The second-order valence-electron chi connectivity index (χ2n) is 5.98. The van der Waals surface area contributed by atoms with E-state index in [-0.39, 0.29) is 17.4 Å². The Hall–Kier alpha value is -3.35. The highest BCUT2D eigenvalue weighted by Crippen LogP contribution is 2.21. The molecular formula is C19H19N3O4. The van der Waals surface area contributed by atoms with Gasteiger partial charge in [0.2, 0.25) is 0 Å². The van der Waals surface area contributed by atoms with Crippen molar-refractivity contribution in [2.45, 2.75) is 13.8 Å². The molecule has 0 unspecified atom stereocenters. The minimum Gasteiger partial charge on any atom is -0.507 e. The summed E-state index contributed by atoms with van der Waals surface area (Å²) in [6, 6.07) is 12.1. The highest BCUT2D eigenvalue weighted by Gasteiger charge is 2.23. The lowest BCUT2D eigenvalue weighted by Gasteiger charge is -2.13. The maximum atomic E-state index is 12.2. The summed E-state index contributed by atoms with van der Waals surface area (Å²) < 4.78 is 4.94. The van der Waals surface area contributed by atoms with Gasteiger partial charge in [-0.3, -0.25) is 9.69 Å². The molecule has 1 fully saturated rings. The Morgan fingerprint density at radius 3 is 2.77 bits per heavy atom. The van der Waals surface area contributed by atoms with Gasteiger partial charge < -0.3 is 9.84 Å². The number of carbonyl (C=O) groups excluding carboxylic acids is 2. The summed E-state index contributed by atoms with van der Waals surface area (Å²) in [6.45, 7) is 4.44. The molecule has 1 aliphatic heterocycles. The SMILES string of the molecule is C/C(=N\NC(=O)c1ccc(C)cc1O)c1cccc(N2CCOC2=O)c1. The number of carbonyl (C=O) groups is 2. The normalized spacial score (nSPS) is 14.3. The van der Waals surface area contributed by atoms with Crippen LogP contribution in [0.2, 0.25) is 0 Å². The van der Waals surface area contributed by atoms with Crippen molar-refractivity contribution in [2.24, 2.45) is 5.10 Å². The third kappa shape index (κ3) is 3.66. The van der Waals surface area contributed by atoms with E-state index in [1.807, 2.05) is 25.1 Å². The van der Waals surface area contributed by atoms with Crippen molar-refractivity contribution < 1.29 is 19.4 Å². The minimum absolute atomic E-state index is 0.0927. The third-order valence-corrected chi connectivity index (χ3v) is 4.06. The number of amides is 2. The van der Waals surface area contributed by atoms with Gasteiger partial charge in [-0.2, -0.15) is 5.10 Å². The van der Waals surface area contributed by atoms with Crippen LogP contribution >= 0.6 is 0 Å². The van der Waals surface area contributed by atoms with Crippen molar-refractivity contribution in [3.63, 3.8) is 0 Å². The largest absolute Gasteiger partial charge is 0.507 e. The summed E-state index contributed by atoms with van der Waals surface area (Å²) >= 11 is 0. The van der Waals surface area contributed by atoms with Crippen molar-refractivity contribution in [1.82, 2.24) is 5.43 Å². The van der Waals surface area contributed by atoms with E-state index in [4.69, 9.17) is 4.74 Å². The molecule has 7 nitrogen and oxygen atoms in total. The summed E-state index contributed by atoms with van der Waals surface area (Å²) in [5.74, 6) is -0.592. The van der Waals surface area contributed by atoms with E-state index in [1.165, 1.54) is 6.07 Å². The summed E-state index contributed by atoms with van der Waals surface area (Å²) in [5.41, 5.74) is 5.49. The van der Waals surface area contributed by atoms with E-state index < -0.39 is 5.91 Å². The van der Waals surface area contributed by atoms with E-state index >= 15 is 0 Å². The molecule has 7 heteroatoms. The number of aromatic hydroxyl groups is 1. The third-order valence-electron chi connectivity index (χ3n) is 4.06. The number of phenolic OH excluding ortho intramolecular Hbond substituents is 1. The molecule has 26 heavy (non-hydrogen) atoms. The number of nitrogens with one attached hydrogen (secondary N) is 1. The first kappa shape index (κ1) is 17.5. The second-order valence-corrected chi connectivity index (χ2v) is 5.98. The molecule has 0 radical (unpaired) electrons. The standard InChI is InChI=1S/C19H19N3O4/c1-12-6-7-16(17(23)10-12)18(24)21-20-13(2)14-4-3-5-15(11-14)22-8-9-26-19(22)25/h3-7,10-11,23H,8-9H2,1-2H3,(H,21,24)/b20-13+. The molecule has 2 amide bonds. The highest BCUT2D eigenvalue weighted by atomic mass is 16.6. The Morgan fingerprint density at radius 1 is 1.27 bits per heavy atom. The molecule has 2 aromatic carbocycles. The van der Waals surface area contributed by atoms with Gasteiger partial charge in [0.1, 0.15) is 12.4 Å². The number of phenols is 1. The van der Waals surface area contributed by atoms with Crippen molar-refractivity contribution in [1.29, 1.82) is 0 Å². The number of hydrogen-bond donors (Lipinski definition) is 2. The molecule has 0 atom stereocenters. The van der Waals surface area contributed by atoms with Crippen LogP contribution in [0.25, 0.3) is 0 Å². The van der Waals surface area contributed by atoms with Gasteiger partial charge in [-0.1, -0.05) is 18.2 Å². The number of nitrogens with zero attached hydrogens (tertiary/aromatic N) is 2. The lowest BCUT2D eigenvalue weighted by Crippen LogP contribution is -2.23. The highest BCUT2D eigenvalue weighted by molar-refractivity contribution is 6.02. The molecule has 0 spiro atoms. The van der Waals surface area contributed by atoms with E-state index in [0.29, 0.717) is 24.6 Å². The van der Waals surface area contributed by atoms with Crippen molar-refractivity contribution >= 4 is 23.4 Å². The molecule has 0 saturated carbocycles. The van der Waals surface area contributed by atoms with E-state index in [9.17, 15) is 14.7 Å². The molecule has 2 aromatic rings. The maximum absolute atomic E-state index is 12.2. The van der Waals surface area contributed by atoms with Crippen LogP contribution in [0.5, 0.6) is 5.75 Å². The number of cyclic esters (lactones) is 1. The molecule has 2 N–H and O–H groups in total. The summed E-state index contributed by atoms with van der Waals surface area (Å²) in [5, 5.41) is 14.0. The quantitative estimate of drug-likeness (QED) is 0.653. The molecule has 0 bridgehead atoms. The van der Waals surface area contributed by atoms with Gasteiger partial charge in [0.25, 0.3) is 5.91 Å². The number of aryl methyl sites for hydroxylation is 1. The number of anilines is 1. The number of ether oxygens (including phenoxy) is 1. The predicted octanol–water partition coefficient (Wildman–Crippen LogP) is 2.81. The fourth-order valence-corrected chi connectivity index (χ4v) is 2.62. The zero-order chi connectivity index (χ0) is 18.7. The summed E-state index contributed by atoms with van der Waals surface area (Å²) in [7, 11) is 0. The van der Waals surface area contributed by atoms with Crippen molar-refractivity contribution in [3.05, 3.63) is 59.2 Å². The van der Waals surface area contributed by atoms with Gasteiger partial charge in [0.15, 0.2) is 0 Å². The van der Waals surface area contributed by atoms with Crippen LogP contribution in [-0.2, 0) is 4.74 Å². The molecule has 0 aromatic heterocycles. The van der Waals surface area contributed by atoms with Gasteiger partial charge in [-0.15, -0.1) is 0 Å². The molecule has 134 valence electrons. The Bertz CT molecular complexity index is 892. The molecule has 1 aliphatic rings. The number of rotatable bonds is 4. The first-order valence-electron chi connectivity index (χ1n) is 8.14. The fourth-order valence-electron chi connectivity index (χ4n) is 2.62. The monoisotopic (exact) mass is 353 g/mol. The van der Waals surface area contributed by atoms with E-state index in [2.05, 4.69) is 10.5 Å². The smallest absolute Gasteiger partial charge is 0.414 e. The Morgan fingerprint density at radius 2 is 2.08 bits per heavy atom. The topological polar surface area (TPSA) is 91.2 Å². The molecule has 0 aliphatic carbocycles. The van der Waals surface area contributed by atoms with Gasteiger partial charge in [0.05, 0.1) is 17.8 Å². The zero-order valence-corrected chi connectivity index (χ0v) is 14.5. The minimum atomic E-state index is -0.499. The van der Waals surface area contributed by atoms with Crippen LogP contribution in [0, 0.1) is 6.92 Å². The first-order chi connectivity index (χ1) is 12.5. The van der Waals surface area contributed by atoms with Crippen molar-refractivity contribution in [2.75, 3.05) is 18.1 Å². The number of hydrogen-bond acceptors (Lipinski definition) is 5. The molecule has 1 heterocycles. The summed E-state index contributed by atoms with van der Waals surface area (Å²) in [6.07, 6.45) is -0.375. The van der Waals surface area contributed by atoms with Crippen molar-refractivity contribution in [3.8, 4) is 5.75 Å². The predicted molar refractivity (Wildman–Crippen MR) is 97.7 cm³/mol. The molecular weight excluding hydrogens is 334 g/mol. The maximum Gasteiger partial charge on any atom is 0.414 e. The average molecular weight is 353 g/mol. The van der Waals surface area contributed by atoms with Gasteiger partial charge in [0, 0.05) is 5.69 Å². The second kappa shape index (κ2) is 7.26. The molecule has 1 saturated heterocycles. The van der Waals surface area contributed by atoms with Crippen LogP contribution in [-0.4, -0.2) is 36.0 Å². The zero-order valence-electron chi connectivity index (χ0n) is 14.5. The summed E-state index contributed by atoms with van der Waals surface area (Å²) in [4.78, 5) is 25.4. The van der Waals surface area contributed by atoms with Gasteiger partial charge in [-0.05, 0) is 49.2 Å². The fraction of sp³-hybridized carbons (Fsp3) is 0.211. The molecule has 3 rings (SSSR count). The van der Waals surface area contributed by atoms with E-state index in [0.717, 1.165) is 11.1 Å². The van der Waals surface area contributed by atoms with Crippen LogP contribution in [0.3, 0.4) is 0 Å². The number of hydrazone groups is 1. The van der Waals surface area contributed by atoms with Crippen LogP contribution in [0.1, 0.15) is 28.4 Å². The van der Waals surface area contributed by atoms with Crippen LogP contribution in [0.15, 0.2) is 47.6 Å².